The van der Waals surface area contributed by atoms with Crippen molar-refractivity contribution in [2.45, 2.75) is 46.1 Å². The molecule has 0 unspecified atom stereocenters. The lowest BCUT2D eigenvalue weighted by Gasteiger charge is -2.50. The highest BCUT2D eigenvalue weighted by atomic mass is 16.3. The highest BCUT2D eigenvalue weighted by Crippen LogP contribution is 2.55. The van der Waals surface area contributed by atoms with Crippen LogP contribution in [-0.2, 0) is 9.59 Å². The molecule has 0 spiro atoms. The Balaban J connectivity index is 2.11. The topological polar surface area (TPSA) is 86.6 Å². The summed E-state index contributed by atoms with van der Waals surface area (Å²) < 4.78 is 0. The number of Topliss-reactive ketones (excluding diaryl/α,β-unsaturated/α-hetero) is 1. The highest BCUT2D eigenvalue weighted by molar-refractivity contribution is 6.27. The highest BCUT2D eigenvalue weighted by Gasteiger charge is 2.52. The number of amides is 1. The minimum atomic E-state index is -0.954. The fourth-order valence-electron chi connectivity index (χ4n) is 5.10. The van der Waals surface area contributed by atoms with Gasteiger partial charge in [-0.2, -0.15) is 0 Å². The number of aliphatic hydroxyl groups excluding tert-OH is 2. The van der Waals surface area contributed by atoms with E-state index in [0.717, 1.165) is 19.3 Å². The lowest BCUT2D eigenvalue weighted by Crippen LogP contribution is -2.45. The molecule has 0 bridgehead atoms. The van der Waals surface area contributed by atoms with Gasteiger partial charge in [-0.1, -0.05) is 44.6 Å². The first-order chi connectivity index (χ1) is 12.3. The summed E-state index contributed by atoms with van der Waals surface area (Å²) in [6, 6.07) is -0.954. The molecule has 1 aliphatic heterocycles. The Labute approximate surface area is 154 Å². The van der Waals surface area contributed by atoms with Crippen molar-refractivity contribution in [3.63, 3.8) is 0 Å². The molecule has 2 fully saturated rings. The number of allylic oxidation sites excluding steroid dienone is 5. The van der Waals surface area contributed by atoms with Gasteiger partial charge in [0.15, 0.2) is 5.78 Å². The van der Waals surface area contributed by atoms with Crippen molar-refractivity contribution in [1.29, 1.82) is 0 Å². The van der Waals surface area contributed by atoms with Gasteiger partial charge in [-0.25, -0.2) is 0 Å². The molecule has 3 rings (SSSR count). The third kappa shape index (κ3) is 2.82. The maximum absolute atomic E-state index is 12.6. The first-order valence-electron chi connectivity index (χ1n) is 9.55. The predicted molar refractivity (Wildman–Crippen MR) is 99.2 cm³/mol. The molecule has 5 nitrogen and oxygen atoms in total. The van der Waals surface area contributed by atoms with E-state index < -0.39 is 29.8 Å². The molecule has 3 aliphatic rings. The second-order valence-electron chi connectivity index (χ2n) is 8.20. The van der Waals surface area contributed by atoms with E-state index in [9.17, 15) is 19.8 Å². The van der Waals surface area contributed by atoms with Crippen LogP contribution in [0, 0.1) is 29.1 Å². The third-order valence-corrected chi connectivity index (χ3v) is 6.61. The Morgan fingerprint density at radius 1 is 1.35 bits per heavy atom. The van der Waals surface area contributed by atoms with Crippen molar-refractivity contribution in [2.75, 3.05) is 6.61 Å². The number of nitrogens with one attached hydrogen (secondary N) is 1. The second kappa shape index (κ2) is 7.03. The fraction of sp³-hybridized carbons (Fsp3) is 0.619. The Morgan fingerprint density at radius 2 is 2.08 bits per heavy atom. The van der Waals surface area contributed by atoms with E-state index in [2.05, 4.69) is 24.4 Å². The van der Waals surface area contributed by atoms with Gasteiger partial charge < -0.3 is 15.5 Å². The summed E-state index contributed by atoms with van der Waals surface area (Å²) in [6.45, 7) is 5.70. The Bertz CT molecular complexity index is 692. The summed E-state index contributed by atoms with van der Waals surface area (Å²) in [7, 11) is 0. The monoisotopic (exact) mass is 359 g/mol. The van der Waals surface area contributed by atoms with E-state index >= 15 is 0 Å². The standard InChI is InChI=1S/C21H29NO4/c1-4-5-14-8-7-13-10-12(2)6-9-15(13)21(14,3)19(25)17-18(24)16(11-23)22-20(17)26/h4-5,7-8,12-16,23,25H,6,9-11H2,1-3H3,(H,22,26)/b5-4+,19-17-/t12-,13-,14-,15-,16+,21-/m1/s1. The van der Waals surface area contributed by atoms with E-state index in [-0.39, 0.29) is 23.2 Å². The average Bonchev–Trinajstić information content (AvgIpc) is 2.90. The molecule has 2 aliphatic carbocycles. The SMILES string of the molecule is C/C=C/[C@@H]1C=C[C@@H]2C[C@H](C)CC[C@H]2[C@]1(C)/C(O)=C1/C(=O)N[C@@H](CO)C1=O. The normalized spacial score (nSPS) is 42.1. The van der Waals surface area contributed by atoms with Gasteiger partial charge in [0.1, 0.15) is 17.4 Å². The molecular formula is C21H29NO4. The summed E-state index contributed by atoms with van der Waals surface area (Å²) >= 11 is 0. The zero-order valence-electron chi connectivity index (χ0n) is 15.7. The summed E-state index contributed by atoms with van der Waals surface area (Å²) in [5.41, 5.74) is -0.882. The number of hydrogen-bond acceptors (Lipinski definition) is 4. The zero-order chi connectivity index (χ0) is 19.1. The van der Waals surface area contributed by atoms with Crippen LogP contribution in [0.2, 0.25) is 0 Å². The molecule has 1 saturated heterocycles. The fourth-order valence-corrected chi connectivity index (χ4v) is 5.10. The zero-order valence-corrected chi connectivity index (χ0v) is 15.7. The van der Waals surface area contributed by atoms with Gasteiger partial charge in [-0.15, -0.1) is 0 Å². The quantitative estimate of drug-likeness (QED) is 0.313. The minimum absolute atomic E-state index is 0.0802. The molecule has 0 aromatic rings. The molecule has 0 aromatic carbocycles. The largest absolute Gasteiger partial charge is 0.511 e. The van der Waals surface area contributed by atoms with Gasteiger partial charge in [0.2, 0.25) is 0 Å². The molecule has 1 saturated carbocycles. The van der Waals surface area contributed by atoms with Crippen molar-refractivity contribution in [2.24, 2.45) is 29.1 Å². The van der Waals surface area contributed by atoms with Crippen molar-refractivity contribution >= 4 is 11.7 Å². The molecule has 6 atom stereocenters. The van der Waals surface area contributed by atoms with Gasteiger partial charge in [0.05, 0.1) is 6.61 Å². The second-order valence-corrected chi connectivity index (χ2v) is 8.20. The molecule has 5 heteroatoms. The van der Waals surface area contributed by atoms with E-state index in [1.165, 1.54) is 0 Å². The van der Waals surface area contributed by atoms with Crippen LogP contribution in [0.15, 0.2) is 35.6 Å². The number of fused-ring (bicyclic) bond motifs is 1. The van der Waals surface area contributed by atoms with Crippen molar-refractivity contribution in [1.82, 2.24) is 5.32 Å². The molecule has 1 heterocycles. The molecule has 0 radical (unpaired) electrons. The van der Waals surface area contributed by atoms with Crippen molar-refractivity contribution in [3.05, 3.63) is 35.6 Å². The maximum atomic E-state index is 12.6. The van der Waals surface area contributed by atoms with Crippen LogP contribution in [0.1, 0.15) is 40.0 Å². The van der Waals surface area contributed by atoms with Crippen LogP contribution >= 0.6 is 0 Å². The number of rotatable bonds is 3. The number of carbonyl (C=O) groups excluding carboxylic acids is 2. The summed E-state index contributed by atoms with van der Waals surface area (Å²) in [5, 5.41) is 23.0. The average molecular weight is 359 g/mol. The summed E-state index contributed by atoms with van der Waals surface area (Å²) in [6.07, 6.45) is 11.4. The molecule has 0 aromatic heterocycles. The first kappa shape index (κ1) is 18.9. The van der Waals surface area contributed by atoms with E-state index in [0.29, 0.717) is 11.8 Å². The Kier molecular flexibility index (Phi) is 5.11. The van der Waals surface area contributed by atoms with Crippen LogP contribution in [0.3, 0.4) is 0 Å². The van der Waals surface area contributed by atoms with E-state index in [1.807, 2.05) is 26.0 Å². The lowest BCUT2D eigenvalue weighted by atomic mass is 9.54. The van der Waals surface area contributed by atoms with Crippen LogP contribution in [-0.4, -0.2) is 34.6 Å². The lowest BCUT2D eigenvalue weighted by molar-refractivity contribution is -0.118. The van der Waals surface area contributed by atoms with Gasteiger partial charge in [-0.05, 0) is 37.5 Å². The predicted octanol–water partition coefficient (Wildman–Crippen LogP) is 2.68. The van der Waals surface area contributed by atoms with E-state index in [4.69, 9.17) is 0 Å². The van der Waals surface area contributed by atoms with Crippen molar-refractivity contribution in [3.8, 4) is 0 Å². The minimum Gasteiger partial charge on any atom is -0.511 e. The van der Waals surface area contributed by atoms with Gasteiger partial charge >= 0.3 is 0 Å². The van der Waals surface area contributed by atoms with Gasteiger partial charge in [-0.3, -0.25) is 9.59 Å². The maximum Gasteiger partial charge on any atom is 0.259 e. The smallest absolute Gasteiger partial charge is 0.259 e. The first-order valence-corrected chi connectivity index (χ1v) is 9.55. The van der Waals surface area contributed by atoms with Crippen LogP contribution < -0.4 is 5.32 Å². The number of hydrogen-bond donors (Lipinski definition) is 3. The van der Waals surface area contributed by atoms with Gasteiger partial charge in [0.25, 0.3) is 5.91 Å². The third-order valence-electron chi connectivity index (χ3n) is 6.61. The molecule has 26 heavy (non-hydrogen) atoms. The van der Waals surface area contributed by atoms with Crippen LogP contribution in [0.4, 0.5) is 0 Å². The van der Waals surface area contributed by atoms with Crippen LogP contribution in [0.25, 0.3) is 0 Å². The van der Waals surface area contributed by atoms with E-state index in [1.54, 1.807) is 0 Å². The number of carbonyl (C=O) groups is 2. The summed E-state index contributed by atoms with van der Waals surface area (Å²) in [4.78, 5) is 24.9. The number of ketones is 1. The number of aliphatic hydroxyl groups is 2. The van der Waals surface area contributed by atoms with Crippen molar-refractivity contribution < 1.29 is 19.8 Å². The Hall–Kier alpha value is -1.88. The molecular weight excluding hydrogens is 330 g/mol. The van der Waals surface area contributed by atoms with Gasteiger partial charge in [0, 0.05) is 11.3 Å². The molecule has 3 N–H and O–H groups in total. The molecule has 1 amide bonds. The Morgan fingerprint density at radius 3 is 2.69 bits per heavy atom. The molecule has 142 valence electrons. The van der Waals surface area contributed by atoms with Crippen LogP contribution in [0.5, 0.6) is 0 Å². The summed E-state index contributed by atoms with van der Waals surface area (Å²) in [5.74, 6) is -0.148.